The molecule has 1 radical (unpaired) electrons. The molecule has 10 heavy (non-hydrogen) atoms. The van der Waals surface area contributed by atoms with Crippen molar-refractivity contribution in [1.29, 1.82) is 0 Å². The van der Waals surface area contributed by atoms with Crippen molar-refractivity contribution in [1.82, 2.24) is 0 Å². The van der Waals surface area contributed by atoms with Crippen LogP contribution in [0.3, 0.4) is 0 Å². The molecule has 0 spiro atoms. The lowest BCUT2D eigenvalue weighted by molar-refractivity contribution is 0.719. The zero-order valence-corrected chi connectivity index (χ0v) is 6.69. The van der Waals surface area contributed by atoms with Crippen molar-refractivity contribution < 1.29 is 0 Å². The topological polar surface area (TPSA) is 0 Å². The number of hydrogen-bond donors (Lipinski definition) is 0. The summed E-state index contributed by atoms with van der Waals surface area (Å²) in [7, 11) is 0. The van der Waals surface area contributed by atoms with E-state index in [4.69, 9.17) is 0 Å². The third kappa shape index (κ3) is 2.38. The van der Waals surface area contributed by atoms with Crippen LogP contribution in [-0.4, -0.2) is 0 Å². The fraction of sp³-hybridized carbons (Fsp3) is 0.600. The minimum Gasteiger partial charge on any atom is -0.0769 e. The normalized spacial score (nSPS) is 15.9. The Balaban J connectivity index is 2.08. The van der Waals surface area contributed by atoms with E-state index in [1.807, 2.05) is 0 Å². The standard InChI is InChI=1S/C10H15/c1-2-3-4-7-10-8-5-6-9-10/h8-9H,2-5,7H2,1H3. The van der Waals surface area contributed by atoms with Crippen LogP contribution in [0.2, 0.25) is 0 Å². The van der Waals surface area contributed by atoms with E-state index in [1.165, 1.54) is 31.3 Å². The molecule has 0 N–H and O–H groups in total. The zero-order chi connectivity index (χ0) is 7.23. The number of hydrogen-bond acceptors (Lipinski definition) is 0. The van der Waals surface area contributed by atoms with Crippen molar-refractivity contribution in [3.05, 3.63) is 23.8 Å². The van der Waals surface area contributed by atoms with E-state index >= 15 is 0 Å². The first-order chi connectivity index (χ1) is 4.93. The first-order valence-electron chi connectivity index (χ1n) is 4.19. The van der Waals surface area contributed by atoms with Crippen LogP contribution >= 0.6 is 0 Å². The highest BCUT2D eigenvalue weighted by molar-refractivity contribution is 5.22. The first-order valence-corrected chi connectivity index (χ1v) is 4.19. The van der Waals surface area contributed by atoms with Gasteiger partial charge in [0.2, 0.25) is 0 Å². The summed E-state index contributed by atoms with van der Waals surface area (Å²) in [6.07, 6.45) is 13.9. The summed E-state index contributed by atoms with van der Waals surface area (Å²) in [5.74, 6) is 0. The number of unbranched alkanes of at least 4 members (excludes halogenated alkanes) is 2. The Morgan fingerprint density at radius 1 is 1.50 bits per heavy atom. The van der Waals surface area contributed by atoms with Gasteiger partial charge in [0, 0.05) is 0 Å². The van der Waals surface area contributed by atoms with Crippen molar-refractivity contribution in [3.63, 3.8) is 0 Å². The highest BCUT2D eigenvalue weighted by Crippen LogP contribution is 2.15. The van der Waals surface area contributed by atoms with Crippen molar-refractivity contribution in [3.8, 4) is 0 Å². The van der Waals surface area contributed by atoms with Gasteiger partial charge in [-0.2, -0.15) is 0 Å². The molecule has 0 nitrogen and oxygen atoms in total. The Kier molecular flexibility index (Phi) is 3.28. The maximum absolute atomic E-state index is 3.18. The van der Waals surface area contributed by atoms with Crippen LogP contribution in [0.25, 0.3) is 0 Å². The highest BCUT2D eigenvalue weighted by Gasteiger charge is 1.96. The van der Waals surface area contributed by atoms with Gasteiger partial charge in [-0.3, -0.25) is 0 Å². The molecule has 0 heteroatoms. The molecular weight excluding hydrogens is 120 g/mol. The molecule has 0 aromatic heterocycles. The van der Waals surface area contributed by atoms with E-state index in [2.05, 4.69) is 25.2 Å². The van der Waals surface area contributed by atoms with E-state index in [1.54, 1.807) is 0 Å². The van der Waals surface area contributed by atoms with Gasteiger partial charge in [-0.1, -0.05) is 37.5 Å². The van der Waals surface area contributed by atoms with E-state index in [9.17, 15) is 0 Å². The smallest absolute Gasteiger partial charge is 0.00887 e. The van der Waals surface area contributed by atoms with E-state index in [0.29, 0.717) is 0 Å². The molecule has 0 bridgehead atoms. The van der Waals surface area contributed by atoms with Gasteiger partial charge in [-0.25, -0.2) is 0 Å². The second kappa shape index (κ2) is 4.32. The van der Waals surface area contributed by atoms with Crippen LogP contribution in [0, 0.1) is 6.08 Å². The van der Waals surface area contributed by atoms with Gasteiger partial charge >= 0.3 is 0 Å². The number of allylic oxidation sites excluding steroid dienone is 4. The van der Waals surface area contributed by atoms with Crippen LogP contribution in [0.5, 0.6) is 0 Å². The lowest BCUT2D eigenvalue weighted by atomic mass is 10.1. The first kappa shape index (κ1) is 7.59. The molecule has 0 aromatic carbocycles. The predicted octanol–water partition coefficient (Wildman–Crippen LogP) is 3.26. The fourth-order valence-electron chi connectivity index (χ4n) is 1.19. The molecule has 0 amide bonds. The molecule has 1 rings (SSSR count). The van der Waals surface area contributed by atoms with Gasteiger partial charge in [0.1, 0.15) is 0 Å². The zero-order valence-electron chi connectivity index (χ0n) is 6.69. The third-order valence-corrected chi connectivity index (χ3v) is 1.84. The molecular formula is C10H15. The predicted molar refractivity (Wildman–Crippen MR) is 44.7 cm³/mol. The Bertz CT molecular complexity index is 140. The van der Waals surface area contributed by atoms with Crippen molar-refractivity contribution in [2.45, 2.75) is 39.0 Å². The van der Waals surface area contributed by atoms with E-state index in [0.717, 1.165) is 6.42 Å². The summed E-state index contributed by atoms with van der Waals surface area (Å²) in [5, 5.41) is 0. The summed E-state index contributed by atoms with van der Waals surface area (Å²) in [6, 6.07) is 0. The largest absolute Gasteiger partial charge is 0.0769 e. The second-order valence-corrected chi connectivity index (χ2v) is 2.79. The summed E-state index contributed by atoms with van der Waals surface area (Å²) in [5.41, 5.74) is 1.49. The molecule has 1 aliphatic carbocycles. The second-order valence-electron chi connectivity index (χ2n) is 2.79. The lowest BCUT2D eigenvalue weighted by Crippen LogP contribution is -1.76. The van der Waals surface area contributed by atoms with Crippen LogP contribution in [-0.2, 0) is 0 Å². The summed E-state index contributed by atoms with van der Waals surface area (Å²) in [6.45, 7) is 2.24. The Morgan fingerprint density at radius 2 is 2.40 bits per heavy atom. The molecule has 55 valence electrons. The van der Waals surface area contributed by atoms with Crippen molar-refractivity contribution in [2.24, 2.45) is 0 Å². The maximum atomic E-state index is 3.18. The quantitative estimate of drug-likeness (QED) is 0.519. The van der Waals surface area contributed by atoms with Crippen LogP contribution in [0.15, 0.2) is 17.7 Å². The van der Waals surface area contributed by atoms with Gasteiger partial charge < -0.3 is 0 Å². The van der Waals surface area contributed by atoms with Crippen LogP contribution < -0.4 is 0 Å². The Hall–Kier alpha value is -0.520. The van der Waals surface area contributed by atoms with Gasteiger partial charge in [0.05, 0.1) is 0 Å². The molecule has 1 aliphatic rings. The molecule has 0 aliphatic heterocycles. The molecule has 0 atom stereocenters. The average Bonchev–Trinajstić information content (AvgIpc) is 2.41. The minimum atomic E-state index is 1.04. The van der Waals surface area contributed by atoms with Gasteiger partial charge in [0.15, 0.2) is 0 Å². The van der Waals surface area contributed by atoms with E-state index in [-0.39, 0.29) is 0 Å². The van der Waals surface area contributed by atoms with Crippen LogP contribution in [0.1, 0.15) is 39.0 Å². The average molecular weight is 135 g/mol. The molecule has 0 saturated carbocycles. The molecule has 0 aromatic rings. The highest BCUT2D eigenvalue weighted by atomic mass is 14.0. The third-order valence-electron chi connectivity index (χ3n) is 1.84. The maximum Gasteiger partial charge on any atom is -0.00887 e. The molecule has 0 heterocycles. The Morgan fingerprint density at radius 3 is 3.00 bits per heavy atom. The van der Waals surface area contributed by atoms with Crippen LogP contribution in [0.4, 0.5) is 0 Å². The number of rotatable bonds is 4. The van der Waals surface area contributed by atoms with Crippen molar-refractivity contribution >= 4 is 0 Å². The summed E-state index contributed by atoms with van der Waals surface area (Å²) >= 11 is 0. The molecule has 0 unspecified atom stereocenters. The Labute approximate surface area is 63.6 Å². The summed E-state index contributed by atoms with van der Waals surface area (Å²) < 4.78 is 0. The minimum absolute atomic E-state index is 1.04. The van der Waals surface area contributed by atoms with Crippen molar-refractivity contribution in [2.75, 3.05) is 0 Å². The lowest BCUT2D eigenvalue weighted by Gasteiger charge is -1.96. The van der Waals surface area contributed by atoms with Gasteiger partial charge in [0.25, 0.3) is 0 Å². The van der Waals surface area contributed by atoms with Gasteiger partial charge in [-0.15, -0.1) is 0 Å². The van der Waals surface area contributed by atoms with E-state index < -0.39 is 0 Å². The molecule has 0 saturated heterocycles. The molecule has 0 fully saturated rings. The van der Waals surface area contributed by atoms with Gasteiger partial charge in [-0.05, 0) is 25.3 Å². The fourth-order valence-corrected chi connectivity index (χ4v) is 1.19. The summed E-state index contributed by atoms with van der Waals surface area (Å²) in [4.78, 5) is 0. The SMILES string of the molecule is CCCCCC1=CC[C]=C1. The monoisotopic (exact) mass is 135 g/mol.